The third-order valence-electron chi connectivity index (χ3n) is 2.22. The van der Waals surface area contributed by atoms with Crippen molar-refractivity contribution in [1.82, 2.24) is 0 Å². The van der Waals surface area contributed by atoms with Crippen LogP contribution in [0.25, 0.3) is 0 Å². The Kier molecular flexibility index (Phi) is 2.26. The third-order valence-corrected chi connectivity index (χ3v) is 4.40. The topological polar surface area (TPSA) is 34.1 Å². The highest BCUT2D eigenvalue weighted by atomic mass is 32.2. The minimum absolute atomic E-state index is 0.0968. The predicted octanol–water partition coefficient (Wildman–Crippen LogP) is 1.85. The summed E-state index contributed by atoms with van der Waals surface area (Å²) >= 11 is 0. The van der Waals surface area contributed by atoms with Gasteiger partial charge in [0.25, 0.3) is 0 Å². The number of benzene rings is 1. The van der Waals surface area contributed by atoms with Crippen molar-refractivity contribution in [1.29, 1.82) is 0 Å². The fourth-order valence-corrected chi connectivity index (χ4v) is 3.06. The zero-order valence-corrected chi connectivity index (χ0v) is 8.27. The Morgan fingerprint density at radius 2 is 1.60 bits per heavy atom. The molecule has 0 unspecified atom stereocenters. The lowest BCUT2D eigenvalue weighted by Gasteiger charge is -2.02. The van der Waals surface area contributed by atoms with E-state index in [1.165, 1.54) is 0 Å². The first kappa shape index (κ1) is 10.5. The average Bonchev–Trinajstić information content (AvgIpc) is 2.81. The molecule has 1 fully saturated rings. The number of alkyl halides is 1. The van der Waals surface area contributed by atoms with Gasteiger partial charge in [-0.25, -0.2) is 21.6 Å². The minimum atomic E-state index is -3.91. The number of sulfone groups is 1. The number of hydrogen-bond donors (Lipinski definition) is 0. The minimum Gasteiger partial charge on any atom is -0.246 e. The van der Waals surface area contributed by atoms with Crippen LogP contribution < -0.4 is 0 Å². The summed E-state index contributed by atoms with van der Waals surface area (Å²) in [7, 11) is -3.91. The normalized spacial score (nSPS) is 25.3. The second kappa shape index (κ2) is 3.23. The summed E-state index contributed by atoms with van der Waals surface area (Å²) in [5, 5.41) is -1.14. The second-order valence-electron chi connectivity index (χ2n) is 3.44. The fraction of sp³-hybridized carbons (Fsp3) is 0.333. The van der Waals surface area contributed by atoms with E-state index in [4.69, 9.17) is 0 Å². The zero-order chi connectivity index (χ0) is 11.2. The molecule has 1 saturated carbocycles. The van der Waals surface area contributed by atoms with Crippen LogP contribution in [0.15, 0.2) is 23.1 Å². The molecule has 2 rings (SSSR count). The second-order valence-corrected chi connectivity index (χ2v) is 5.61. The molecule has 0 N–H and O–H groups in total. The first-order chi connectivity index (χ1) is 6.91. The monoisotopic (exact) mass is 236 g/mol. The van der Waals surface area contributed by atoms with Gasteiger partial charge >= 0.3 is 0 Å². The van der Waals surface area contributed by atoms with Crippen LogP contribution in [0.1, 0.15) is 6.42 Å². The Morgan fingerprint density at radius 1 is 1.13 bits per heavy atom. The zero-order valence-electron chi connectivity index (χ0n) is 7.45. The van der Waals surface area contributed by atoms with Crippen molar-refractivity contribution < 1.29 is 21.6 Å². The van der Waals surface area contributed by atoms with Crippen molar-refractivity contribution in [3.8, 4) is 0 Å². The summed E-state index contributed by atoms with van der Waals surface area (Å²) in [6.07, 6.45) is -1.51. The molecule has 2 nitrogen and oxygen atoms in total. The maximum absolute atomic E-state index is 12.7. The Hall–Kier alpha value is -1.04. The van der Waals surface area contributed by atoms with Crippen LogP contribution in [0, 0.1) is 11.6 Å². The van der Waals surface area contributed by atoms with Gasteiger partial charge < -0.3 is 0 Å². The smallest absolute Gasteiger partial charge is 0.184 e. The molecule has 0 heterocycles. The lowest BCUT2D eigenvalue weighted by molar-refractivity contribution is 0.476. The van der Waals surface area contributed by atoms with Gasteiger partial charge in [-0.05, 0) is 18.6 Å². The summed E-state index contributed by atoms with van der Waals surface area (Å²) in [5.74, 6) is -1.96. The molecule has 0 aliphatic heterocycles. The average molecular weight is 236 g/mol. The van der Waals surface area contributed by atoms with Crippen molar-refractivity contribution in [2.75, 3.05) is 0 Å². The van der Waals surface area contributed by atoms with E-state index in [1.807, 2.05) is 0 Å². The van der Waals surface area contributed by atoms with Gasteiger partial charge in [0.1, 0.15) is 17.8 Å². The van der Waals surface area contributed by atoms with E-state index in [9.17, 15) is 21.6 Å². The molecule has 0 aromatic heterocycles. The van der Waals surface area contributed by atoms with Crippen molar-refractivity contribution in [2.24, 2.45) is 0 Å². The van der Waals surface area contributed by atoms with E-state index in [-0.39, 0.29) is 6.42 Å². The van der Waals surface area contributed by atoms with Crippen LogP contribution >= 0.6 is 0 Å². The van der Waals surface area contributed by atoms with E-state index in [0.29, 0.717) is 18.2 Å². The maximum atomic E-state index is 12.7. The number of rotatable bonds is 2. The summed E-state index contributed by atoms with van der Waals surface area (Å²) in [6.45, 7) is 0. The molecular weight excluding hydrogens is 229 g/mol. The highest BCUT2D eigenvalue weighted by Gasteiger charge is 2.48. The highest BCUT2D eigenvalue weighted by molar-refractivity contribution is 7.92. The van der Waals surface area contributed by atoms with Crippen molar-refractivity contribution in [2.45, 2.75) is 22.7 Å². The summed E-state index contributed by atoms with van der Waals surface area (Å²) in [5.41, 5.74) is 0. The molecule has 1 aromatic carbocycles. The Bertz CT molecular complexity index is 478. The molecule has 0 amide bonds. The Morgan fingerprint density at radius 3 is 2.00 bits per heavy atom. The van der Waals surface area contributed by atoms with E-state index in [1.54, 1.807) is 0 Å². The molecule has 2 atom stereocenters. The van der Waals surface area contributed by atoms with Crippen LogP contribution in [0.4, 0.5) is 13.2 Å². The van der Waals surface area contributed by atoms with Gasteiger partial charge in [-0.1, -0.05) is 0 Å². The summed E-state index contributed by atoms with van der Waals surface area (Å²) in [6, 6.07) is 1.96. The van der Waals surface area contributed by atoms with Gasteiger partial charge in [-0.15, -0.1) is 0 Å². The van der Waals surface area contributed by atoms with E-state index in [2.05, 4.69) is 0 Å². The van der Waals surface area contributed by atoms with Crippen LogP contribution in [0.3, 0.4) is 0 Å². The summed E-state index contributed by atoms with van der Waals surface area (Å²) in [4.78, 5) is -0.495. The summed E-state index contributed by atoms with van der Waals surface area (Å²) < 4.78 is 61.1. The van der Waals surface area contributed by atoms with Crippen LogP contribution in [-0.4, -0.2) is 19.8 Å². The third kappa shape index (κ3) is 1.86. The van der Waals surface area contributed by atoms with Crippen molar-refractivity contribution in [3.63, 3.8) is 0 Å². The molecule has 1 aromatic rings. The van der Waals surface area contributed by atoms with Gasteiger partial charge in [-0.2, -0.15) is 0 Å². The first-order valence-corrected chi connectivity index (χ1v) is 5.80. The molecule has 0 radical (unpaired) electrons. The van der Waals surface area contributed by atoms with Crippen LogP contribution in [0.5, 0.6) is 0 Å². The fourth-order valence-electron chi connectivity index (χ4n) is 1.33. The van der Waals surface area contributed by atoms with Gasteiger partial charge in [0.2, 0.25) is 0 Å². The van der Waals surface area contributed by atoms with E-state index >= 15 is 0 Å². The number of halogens is 3. The lowest BCUT2D eigenvalue weighted by atomic mass is 10.3. The Labute approximate surface area is 84.6 Å². The standard InChI is InChI=1S/C9H7F3O2S/c10-5-1-6(11)3-7(2-5)15(13,14)9-4-8(9)12/h1-3,8-9H,4H2/t8-,9+/m0/s1. The van der Waals surface area contributed by atoms with Crippen LogP contribution in [0.2, 0.25) is 0 Å². The predicted molar refractivity (Wildman–Crippen MR) is 46.8 cm³/mol. The Balaban J connectivity index is 2.45. The molecule has 6 heteroatoms. The van der Waals surface area contributed by atoms with Crippen molar-refractivity contribution >= 4 is 9.84 Å². The highest BCUT2D eigenvalue weighted by Crippen LogP contribution is 2.37. The first-order valence-electron chi connectivity index (χ1n) is 4.25. The molecule has 0 spiro atoms. The molecule has 0 saturated heterocycles. The lowest BCUT2D eigenvalue weighted by Crippen LogP contribution is -2.10. The van der Waals surface area contributed by atoms with Crippen LogP contribution in [-0.2, 0) is 9.84 Å². The molecular formula is C9H7F3O2S. The molecule has 1 aliphatic rings. The van der Waals surface area contributed by atoms with E-state index in [0.717, 1.165) is 0 Å². The molecule has 15 heavy (non-hydrogen) atoms. The number of hydrogen-bond acceptors (Lipinski definition) is 2. The molecule has 82 valence electrons. The van der Waals surface area contributed by atoms with Gasteiger partial charge in [-0.3, -0.25) is 0 Å². The molecule has 0 bridgehead atoms. The van der Waals surface area contributed by atoms with Gasteiger partial charge in [0, 0.05) is 6.07 Å². The van der Waals surface area contributed by atoms with Gasteiger partial charge in [0.15, 0.2) is 9.84 Å². The SMILES string of the molecule is O=S(=O)(c1cc(F)cc(F)c1)[C@@H]1C[C@@H]1F. The van der Waals surface area contributed by atoms with E-state index < -0.39 is 37.8 Å². The largest absolute Gasteiger partial charge is 0.246 e. The quantitative estimate of drug-likeness (QED) is 0.785. The van der Waals surface area contributed by atoms with Gasteiger partial charge in [0.05, 0.1) is 10.1 Å². The van der Waals surface area contributed by atoms with Crippen molar-refractivity contribution in [3.05, 3.63) is 29.8 Å². The maximum Gasteiger partial charge on any atom is 0.184 e. The molecule has 1 aliphatic carbocycles.